The highest BCUT2D eigenvalue weighted by atomic mass is 32.1. The molecule has 0 spiro atoms. The number of aromatic amines is 1. The van der Waals surface area contributed by atoms with E-state index in [0.717, 1.165) is 0 Å². The van der Waals surface area contributed by atoms with Crippen molar-refractivity contribution < 1.29 is 24.6 Å². The van der Waals surface area contributed by atoms with E-state index >= 15 is 0 Å². The van der Waals surface area contributed by atoms with Gasteiger partial charge in [0.05, 0.1) is 18.5 Å². The Hall–Kier alpha value is -2.11. The number of carbonyl (C=O) groups is 3. The van der Waals surface area contributed by atoms with Crippen molar-refractivity contribution in [3.63, 3.8) is 0 Å². The van der Waals surface area contributed by atoms with Crippen LogP contribution in [0.4, 0.5) is 0 Å². The number of aliphatic carboxylic acids is 1. The molecule has 4 unspecified atom stereocenters. The molecule has 1 aromatic rings. The minimum absolute atomic E-state index is 0.0447. The number of aliphatic hydroxyl groups excluding tert-OH is 1. The van der Waals surface area contributed by atoms with E-state index < -0.39 is 42.0 Å². The number of amides is 2. The van der Waals surface area contributed by atoms with Crippen molar-refractivity contribution in [1.29, 1.82) is 0 Å². The van der Waals surface area contributed by atoms with Gasteiger partial charge in [0.2, 0.25) is 11.8 Å². The molecule has 0 aromatic carbocycles. The van der Waals surface area contributed by atoms with Crippen LogP contribution in [0.2, 0.25) is 0 Å². The summed E-state index contributed by atoms with van der Waals surface area (Å²) in [7, 11) is 0. The van der Waals surface area contributed by atoms with Crippen LogP contribution in [0.25, 0.3) is 0 Å². The normalized spacial score (nSPS) is 15.8. The molecule has 0 aliphatic carbocycles. The molecule has 0 aliphatic heterocycles. The molecule has 1 aromatic heterocycles. The van der Waals surface area contributed by atoms with Crippen LogP contribution in [-0.2, 0) is 20.8 Å². The molecule has 134 valence electrons. The molecule has 24 heavy (non-hydrogen) atoms. The van der Waals surface area contributed by atoms with Crippen LogP contribution >= 0.6 is 12.6 Å². The Kier molecular flexibility index (Phi) is 7.68. The number of hydrogen-bond donors (Lipinski definition) is 7. The second kappa shape index (κ2) is 9.25. The van der Waals surface area contributed by atoms with Crippen LogP contribution in [0.3, 0.4) is 0 Å². The van der Waals surface area contributed by atoms with E-state index in [4.69, 9.17) is 10.8 Å². The number of carboxylic acids is 1. The number of rotatable bonds is 9. The highest BCUT2D eigenvalue weighted by Crippen LogP contribution is 2.02. The summed E-state index contributed by atoms with van der Waals surface area (Å²) in [5, 5.41) is 23.1. The second-order valence-electron chi connectivity index (χ2n) is 5.20. The number of nitrogens with zero attached hydrogens (tertiary/aromatic N) is 1. The largest absolute Gasteiger partial charge is 0.480 e. The molecule has 7 N–H and O–H groups in total. The molecule has 0 saturated carbocycles. The molecule has 1 heterocycles. The smallest absolute Gasteiger partial charge is 0.328 e. The van der Waals surface area contributed by atoms with Crippen LogP contribution < -0.4 is 16.4 Å². The van der Waals surface area contributed by atoms with Crippen LogP contribution in [0.5, 0.6) is 0 Å². The molecule has 1 rings (SSSR count). The molecule has 10 nitrogen and oxygen atoms in total. The standard InChI is InChI=1S/C13H21N5O5S/c1-6(19)10(13(22)23)18-12(21)9(2-7-3-15-5-16-7)17-11(20)8(14)4-24/h3,5-6,8-10,19,24H,2,4,14H2,1H3,(H,15,16)(H,17,20)(H,18,21)(H,22,23). The number of H-pyrrole nitrogens is 1. The van der Waals surface area contributed by atoms with E-state index in [1.807, 2.05) is 0 Å². The van der Waals surface area contributed by atoms with Crippen molar-refractivity contribution in [3.05, 3.63) is 18.2 Å². The van der Waals surface area contributed by atoms with Gasteiger partial charge in [-0.3, -0.25) is 9.59 Å². The Morgan fingerprint density at radius 3 is 2.50 bits per heavy atom. The average Bonchev–Trinajstić information content (AvgIpc) is 3.03. The lowest BCUT2D eigenvalue weighted by molar-refractivity contribution is -0.145. The average molecular weight is 359 g/mol. The summed E-state index contributed by atoms with van der Waals surface area (Å²) in [6, 6.07) is -3.51. The predicted octanol–water partition coefficient (Wildman–Crippen LogP) is -2.36. The minimum Gasteiger partial charge on any atom is -0.480 e. The first kappa shape index (κ1) is 19.9. The van der Waals surface area contributed by atoms with E-state index in [-0.39, 0.29) is 12.2 Å². The second-order valence-corrected chi connectivity index (χ2v) is 5.56. The molecule has 4 atom stereocenters. The first-order chi connectivity index (χ1) is 11.3. The van der Waals surface area contributed by atoms with Crippen LogP contribution in [0.15, 0.2) is 12.5 Å². The molecule has 0 saturated heterocycles. The number of aromatic nitrogens is 2. The lowest BCUT2D eigenvalue weighted by atomic mass is 10.1. The topological polar surface area (TPSA) is 170 Å². The van der Waals surface area contributed by atoms with E-state index in [2.05, 4.69) is 33.2 Å². The number of thiol groups is 1. The lowest BCUT2D eigenvalue weighted by Crippen LogP contribution is -2.57. The van der Waals surface area contributed by atoms with Gasteiger partial charge in [-0.05, 0) is 6.92 Å². The number of nitrogens with one attached hydrogen (secondary N) is 3. The molecule has 0 fully saturated rings. The highest BCUT2D eigenvalue weighted by Gasteiger charge is 2.30. The molecule has 0 bridgehead atoms. The highest BCUT2D eigenvalue weighted by molar-refractivity contribution is 7.80. The Morgan fingerprint density at radius 2 is 2.04 bits per heavy atom. The Balaban J connectivity index is 2.88. The van der Waals surface area contributed by atoms with Gasteiger partial charge in [-0.1, -0.05) is 0 Å². The number of nitrogens with two attached hydrogens (primary N) is 1. The van der Waals surface area contributed by atoms with Crippen LogP contribution in [0, 0.1) is 0 Å². The molecule has 0 radical (unpaired) electrons. The fourth-order valence-electron chi connectivity index (χ4n) is 1.83. The molecule has 2 amide bonds. The number of imidazole rings is 1. The molecular weight excluding hydrogens is 338 g/mol. The third-order valence-electron chi connectivity index (χ3n) is 3.19. The SMILES string of the molecule is CC(O)C(NC(=O)C(Cc1cnc[nH]1)NC(=O)C(N)CS)C(=O)O. The first-order valence-electron chi connectivity index (χ1n) is 7.11. The van der Waals surface area contributed by atoms with E-state index in [0.29, 0.717) is 5.69 Å². The van der Waals surface area contributed by atoms with Gasteiger partial charge >= 0.3 is 5.97 Å². The quantitative estimate of drug-likeness (QED) is 0.242. The van der Waals surface area contributed by atoms with E-state index in [1.54, 1.807) is 0 Å². The van der Waals surface area contributed by atoms with Crippen molar-refractivity contribution in [2.75, 3.05) is 5.75 Å². The number of aliphatic hydroxyl groups is 1. The number of hydrogen-bond acceptors (Lipinski definition) is 7. The summed E-state index contributed by atoms with van der Waals surface area (Å²) < 4.78 is 0. The fraction of sp³-hybridized carbons (Fsp3) is 0.538. The van der Waals surface area contributed by atoms with Gasteiger partial charge in [0, 0.05) is 24.1 Å². The summed E-state index contributed by atoms with van der Waals surface area (Å²) in [5.74, 6) is -2.68. The van der Waals surface area contributed by atoms with E-state index in [9.17, 15) is 19.5 Å². The summed E-state index contributed by atoms with van der Waals surface area (Å²) in [5.41, 5.74) is 6.12. The number of carboxylic acid groups (broad SMARTS) is 1. The van der Waals surface area contributed by atoms with Gasteiger partial charge in [-0.25, -0.2) is 9.78 Å². The van der Waals surface area contributed by atoms with Crippen molar-refractivity contribution >= 4 is 30.4 Å². The maximum atomic E-state index is 12.3. The lowest BCUT2D eigenvalue weighted by Gasteiger charge is -2.23. The van der Waals surface area contributed by atoms with Gasteiger partial charge in [0.15, 0.2) is 6.04 Å². The van der Waals surface area contributed by atoms with Gasteiger partial charge < -0.3 is 31.6 Å². The number of carbonyl (C=O) groups excluding carboxylic acids is 2. The Bertz CT molecular complexity index is 565. The molecular formula is C13H21N5O5S. The van der Waals surface area contributed by atoms with Crippen LogP contribution in [-0.4, -0.2) is 67.9 Å². The van der Waals surface area contributed by atoms with Gasteiger partial charge in [-0.15, -0.1) is 0 Å². The zero-order valence-electron chi connectivity index (χ0n) is 13.0. The Morgan fingerprint density at radius 1 is 1.38 bits per heavy atom. The summed E-state index contributed by atoms with van der Waals surface area (Å²) in [6.45, 7) is 1.23. The Labute approximate surface area is 143 Å². The van der Waals surface area contributed by atoms with E-state index in [1.165, 1.54) is 19.4 Å². The third-order valence-corrected chi connectivity index (χ3v) is 3.58. The van der Waals surface area contributed by atoms with Gasteiger partial charge in [0.1, 0.15) is 6.04 Å². The minimum atomic E-state index is -1.50. The van der Waals surface area contributed by atoms with Crippen molar-refractivity contribution in [1.82, 2.24) is 20.6 Å². The fourth-order valence-corrected chi connectivity index (χ4v) is 2.00. The monoisotopic (exact) mass is 359 g/mol. The maximum Gasteiger partial charge on any atom is 0.328 e. The van der Waals surface area contributed by atoms with Gasteiger partial charge in [0.25, 0.3) is 0 Å². The summed E-state index contributed by atoms with van der Waals surface area (Å²) >= 11 is 3.91. The zero-order chi connectivity index (χ0) is 18.3. The summed E-state index contributed by atoms with van der Waals surface area (Å²) in [6.07, 6.45) is 1.60. The van der Waals surface area contributed by atoms with Crippen molar-refractivity contribution in [2.24, 2.45) is 5.73 Å². The third kappa shape index (κ3) is 5.83. The zero-order valence-corrected chi connectivity index (χ0v) is 13.9. The van der Waals surface area contributed by atoms with Gasteiger partial charge in [-0.2, -0.15) is 12.6 Å². The first-order valence-corrected chi connectivity index (χ1v) is 7.74. The maximum absolute atomic E-state index is 12.3. The van der Waals surface area contributed by atoms with Crippen LogP contribution in [0.1, 0.15) is 12.6 Å². The summed E-state index contributed by atoms with van der Waals surface area (Å²) in [4.78, 5) is 41.9. The predicted molar refractivity (Wildman–Crippen MR) is 87.3 cm³/mol. The van der Waals surface area contributed by atoms with Crippen molar-refractivity contribution in [2.45, 2.75) is 37.6 Å². The van der Waals surface area contributed by atoms with Crippen molar-refractivity contribution in [3.8, 4) is 0 Å². The molecule has 11 heteroatoms. The molecule has 0 aliphatic rings.